The van der Waals surface area contributed by atoms with Gasteiger partial charge >= 0.3 is 0 Å². The molecule has 0 radical (unpaired) electrons. The highest BCUT2D eigenvalue weighted by molar-refractivity contribution is 7.80. The number of benzene rings is 3. The van der Waals surface area contributed by atoms with Crippen molar-refractivity contribution in [2.45, 2.75) is 6.42 Å². The molecule has 5 heteroatoms. The van der Waals surface area contributed by atoms with Gasteiger partial charge in [-0.15, -0.1) is 0 Å². The van der Waals surface area contributed by atoms with Gasteiger partial charge in [0.15, 0.2) is 5.11 Å². The Morgan fingerprint density at radius 3 is 2.56 bits per heavy atom. The topological polar surface area (TPSA) is 46.4 Å². The number of nitrogens with one attached hydrogen (secondary N) is 2. The molecule has 0 bridgehead atoms. The Hall–Kier alpha value is -3.05. The molecule has 0 aliphatic rings. The van der Waals surface area contributed by atoms with E-state index < -0.39 is 0 Å². The number of rotatable bonds is 5. The summed E-state index contributed by atoms with van der Waals surface area (Å²) in [6.07, 6.45) is 0.905. The van der Waals surface area contributed by atoms with E-state index in [0.717, 1.165) is 46.3 Å². The first kappa shape index (κ1) is 17.4. The van der Waals surface area contributed by atoms with E-state index in [1.807, 2.05) is 54.6 Å². The fraction of sp³-hybridized carbons (Fsp3) is 0.136. The summed E-state index contributed by atoms with van der Waals surface area (Å²) < 4.78 is 11.5. The van der Waals surface area contributed by atoms with Crippen molar-refractivity contribution in [3.05, 3.63) is 72.3 Å². The van der Waals surface area contributed by atoms with Crippen molar-refractivity contribution in [2.75, 3.05) is 19.0 Å². The van der Waals surface area contributed by atoms with Gasteiger partial charge in [-0.3, -0.25) is 0 Å². The Labute approximate surface area is 163 Å². The maximum atomic E-state index is 5.95. The Balaban J connectivity index is 1.50. The molecule has 0 aliphatic carbocycles. The highest BCUT2D eigenvalue weighted by atomic mass is 32.1. The van der Waals surface area contributed by atoms with Crippen LogP contribution < -0.4 is 15.4 Å². The molecular weight excluding hydrogens is 356 g/mol. The maximum Gasteiger partial charge on any atom is 0.170 e. The molecule has 1 heterocycles. The van der Waals surface area contributed by atoms with Crippen molar-refractivity contribution in [1.29, 1.82) is 0 Å². The number of anilines is 1. The van der Waals surface area contributed by atoms with Crippen molar-refractivity contribution < 1.29 is 9.15 Å². The third kappa shape index (κ3) is 3.73. The summed E-state index contributed by atoms with van der Waals surface area (Å²) in [4.78, 5) is 0. The molecule has 27 heavy (non-hydrogen) atoms. The van der Waals surface area contributed by atoms with Crippen molar-refractivity contribution in [3.8, 4) is 5.75 Å². The number of fused-ring (bicyclic) bond motifs is 3. The molecule has 1 aromatic heterocycles. The number of methoxy groups -OCH3 is 1. The molecular formula is C22H20N2O2S. The largest absolute Gasteiger partial charge is 0.495 e. The van der Waals surface area contributed by atoms with Gasteiger partial charge in [0, 0.05) is 23.4 Å². The molecule has 3 aromatic carbocycles. The van der Waals surface area contributed by atoms with Crippen LogP contribution in [0.3, 0.4) is 0 Å². The molecule has 4 nitrogen and oxygen atoms in total. The summed E-state index contributed by atoms with van der Waals surface area (Å²) in [5, 5.41) is 9.11. The monoisotopic (exact) mass is 376 g/mol. The molecule has 0 fully saturated rings. The van der Waals surface area contributed by atoms with Gasteiger partial charge < -0.3 is 19.8 Å². The van der Waals surface area contributed by atoms with Crippen LogP contribution in [0.1, 0.15) is 5.56 Å². The fourth-order valence-corrected chi connectivity index (χ4v) is 3.36. The van der Waals surface area contributed by atoms with Crippen LogP contribution in [-0.4, -0.2) is 18.8 Å². The van der Waals surface area contributed by atoms with Gasteiger partial charge in [0.25, 0.3) is 0 Å². The van der Waals surface area contributed by atoms with Crippen molar-refractivity contribution in [3.63, 3.8) is 0 Å². The predicted octanol–water partition coefficient (Wildman–Crippen LogP) is 5.12. The highest BCUT2D eigenvalue weighted by Crippen LogP contribution is 2.36. The fourth-order valence-electron chi connectivity index (χ4n) is 3.15. The lowest BCUT2D eigenvalue weighted by atomic mass is 10.1. The van der Waals surface area contributed by atoms with Gasteiger partial charge in [-0.25, -0.2) is 0 Å². The van der Waals surface area contributed by atoms with Crippen LogP contribution in [0.5, 0.6) is 5.75 Å². The normalized spacial score (nSPS) is 10.9. The Bertz CT molecular complexity index is 1090. The molecule has 0 aliphatic heterocycles. The second kappa shape index (κ2) is 7.68. The van der Waals surface area contributed by atoms with Crippen LogP contribution in [0.15, 0.2) is 71.1 Å². The van der Waals surface area contributed by atoms with Gasteiger partial charge in [-0.05, 0) is 36.3 Å². The molecule has 0 unspecified atom stereocenters. The number of hydrogen-bond donors (Lipinski definition) is 2. The third-order valence-electron chi connectivity index (χ3n) is 4.49. The van der Waals surface area contributed by atoms with Crippen LogP contribution in [0.25, 0.3) is 21.9 Å². The molecule has 0 amide bonds. The summed E-state index contributed by atoms with van der Waals surface area (Å²) in [6, 6.07) is 22.2. The van der Waals surface area contributed by atoms with E-state index in [1.54, 1.807) is 7.11 Å². The van der Waals surface area contributed by atoms with E-state index >= 15 is 0 Å². The minimum absolute atomic E-state index is 0.555. The number of furan rings is 1. The smallest absolute Gasteiger partial charge is 0.170 e. The lowest BCUT2D eigenvalue weighted by molar-refractivity contribution is 0.417. The SMILES string of the molecule is COc1cc2c(cc1NC(=S)NCCc1ccccc1)oc1ccccc12. The second-order valence-corrected chi connectivity index (χ2v) is 6.67. The number of para-hydroxylation sites is 1. The standard InChI is InChI=1S/C22H20N2O2S/c1-25-21-13-17-16-9-5-6-10-19(16)26-20(17)14-18(21)24-22(27)23-12-11-15-7-3-2-4-8-15/h2-10,13-14H,11-12H2,1H3,(H2,23,24,27). The summed E-state index contributed by atoms with van der Waals surface area (Å²) in [5.41, 5.74) is 3.71. The van der Waals surface area contributed by atoms with Crippen LogP contribution in [0.4, 0.5) is 5.69 Å². The first-order valence-electron chi connectivity index (χ1n) is 8.82. The zero-order valence-electron chi connectivity index (χ0n) is 15.0. The van der Waals surface area contributed by atoms with Crippen LogP contribution in [0, 0.1) is 0 Å². The highest BCUT2D eigenvalue weighted by Gasteiger charge is 2.12. The van der Waals surface area contributed by atoms with Crippen LogP contribution >= 0.6 is 12.2 Å². The minimum atomic E-state index is 0.555. The lowest BCUT2D eigenvalue weighted by Crippen LogP contribution is -2.30. The van der Waals surface area contributed by atoms with Crippen molar-refractivity contribution >= 4 is 45.0 Å². The van der Waals surface area contributed by atoms with E-state index in [-0.39, 0.29) is 0 Å². The summed E-state index contributed by atoms with van der Waals surface area (Å²) >= 11 is 5.44. The first-order chi connectivity index (χ1) is 13.2. The van der Waals surface area contributed by atoms with Gasteiger partial charge in [0.1, 0.15) is 16.9 Å². The van der Waals surface area contributed by atoms with Crippen molar-refractivity contribution in [2.24, 2.45) is 0 Å². The minimum Gasteiger partial charge on any atom is -0.495 e. The molecule has 0 atom stereocenters. The van der Waals surface area contributed by atoms with E-state index in [0.29, 0.717) is 5.11 Å². The average molecular weight is 376 g/mol. The second-order valence-electron chi connectivity index (χ2n) is 6.26. The van der Waals surface area contributed by atoms with Gasteiger partial charge in [0.05, 0.1) is 12.8 Å². The Morgan fingerprint density at radius 2 is 1.74 bits per heavy atom. The molecule has 136 valence electrons. The van der Waals surface area contributed by atoms with Crippen LogP contribution in [-0.2, 0) is 6.42 Å². The lowest BCUT2D eigenvalue weighted by Gasteiger charge is -2.13. The zero-order chi connectivity index (χ0) is 18.6. The van der Waals surface area contributed by atoms with Crippen LogP contribution in [0.2, 0.25) is 0 Å². The molecule has 4 aromatic rings. The molecule has 2 N–H and O–H groups in total. The summed E-state index contributed by atoms with van der Waals surface area (Å²) in [5.74, 6) is 0.723. The van der Waals surface area contributed by atoms with E-state index in [4.69, 9.17) is 21.4 Å². The molecule has 4 rings (SSSR count). The number of hydrogen-bond acceptors (Lipinski definition) is 3. The van der Waals surface area contributed by atoms with E-state index in [1.165, 1.54) is 5.56 Å². The summed E-state index contributed by atoms with van der Waals surface area (Å²) in [7, 11) is 1.65. The van der Waals surface area contributed by atoms with Gasteiger partial charge in [0.2, 0.25) is 0 Å². The van der Waals surface area contributed by atoms with E-state index in [2.05, 4.69) is 22.8 Å². The first-order valence-corrected chi connectivity index (χ1v) is 9.23. The van der Waals surface area contributed by atoms with E-state index in [9.17, 15) is 0 Å². The molecule has 0 spiro atoms. The average Bonchev–Trinajstić information content (AvgIpc) is 3.05. The number of ether oxygens (including phenoxy) is 1. The van der Waals surface area contributed by atoms with Gasteiger partial charge in [-0.2, -0.15) is 0 Å². The quantitative estimate of drug-likeness (QED) is 0.473. The zero-order valence-corrected chi connectivity index (χ0v) is 15.8. The maximum absolute atomic E-state index is 5.95. The third-order valence-corrected chi connectivity index (χ3v) is 4.74. The molecule has 0 saturated carbocycles. The number of thiocarbonyl (C=S) groups is 1. The Morgan fingerprint density at radius 1 is 0.963 bits per heavy atom. The summed E-state index contributed by atoms with van der Waals surface area (Å²) in [6.45, 7) is 0.755. The van der Waals surface area contributed by atoms with Crippen molar-refractivity contribution in [1.82, 2.24) is 5.32 Å². The predicted molar refractivity (Wildman–Crippen MR) is 115 cm³/mol. The van der Waals surface area contributed by atoms with Gasteiger partial charge in [-0.1, -0.05) is 48.5 Å². The molecule has 0 saturated heterocycles. The Kier molecular flexibility index (Phi) is 4.94.